The van der Waals surface area contributed by atoms with Crippen LogP contribution < -0.4 is 5.48 Å². The molecule has 0 saturated heterocycles. The maximum atomic E-state index is 10.5. The van der Waals surface area contributed by atoms with Crippen LogP contribution in [0, 0.1) is 10.1 Å². The average molecular weight is 358 g/mol. The third kappa shape index (κ3) is 4.27. The van der Waals surface area contributed by atoms with Crippen molar-refractivity contribution in [2.75, 3.05) is 6.67 Å². The highest BCUT2D eigenvalue weighted by molar-refractivity contribution is 6.32. The Balaban J connectivity index is 2.43. The van der Waals surface area contributed by atoms with Gasteiger partial charge in [0.2, 0.25) is 0 Å². The second-order valence-corrected chi connectivity index (χ2v) is 5.20. The van der Waals surface area contributed by atoms with Crippen LogP contribution in [-0.4, -0.2) is 27.5 Å². The molecule has 1 N–H and O–H groups in total. The largest absolute Gasteiger partial charge is 0.316 e. The third-order valence-electron chi connectivity index (χ3n) is 2.89. The molecule has 1 heterocycles. The van der Waals surface area contributed by atoms with Crippen LogP contribution in [0.5, 0.6) is 0 Å². The molecule has 0 bridgehead atoms. The fourth-order valence-electron chi connectivity index (χ4n) is 1.95. The predicted octanol–water partition coefficient (Wildman–Crippen LogP) is 2.67. The van der Waals surface area contributed by atoms with E-state index in [9.17, 15) is 10.1 Å². The number of hydrazone groups is 1. The summed E-state index contributed by atoms with van der Waals surface area (Å²) in [6.45, 7) is 3.88. The Morgan fingerprint density at radius 1 is 1.57 bits per heavy atom. The molecule has 0 aliphatic carbocycles. The zero-order valence-corrected chi connectivity index (χ0v) is 13.4. The van der Waals surface area contributed by atoms with Gasteiger partial charge in [-0.2, -0.15) is 10.0 Å². The predicted molar refractivity (Wildman–Crippen MR) is 87.2 cm³/mol. The molecule has 0 aromatic heterocycles. The molecule has 1 aliphatic rings. The van der Waals surface area contributed by atoms with E-state index in [2.05, 4.69) is 22.1 Å². The molecule has 23 heavy (non-hydrogen) atoms. The van der Waals surface area contributed by atoms with Gasteiger partial charge in [0, 0.05) is 17.3 Å². The number of benzene rings is 1. The van der Waals surface area contributed by atoms with Crippen molar-refractivity contribution in [3.05, 3.63) is 63.3 Å². The quantitative estimate of drug-likeness (QED) is 0.265. The maximum absolute atomic E-state index is 10.5. The van der Waals surface area contributed by atoms with Crippen molar-refractivity contribution in [2.24, 2.45) is 5.10 Å². The highest BCUT2D eigenvalue weighted by Gasteiger charge is 2.21. The number of nitrogens with one attached hydrogen (secondary N) is 1. The Kier molecular flexibility index (Phi) is 5.67. The number of hydrogen-bond acceptors (Lipinski definition) is 7. The number of hydroxylamine groups is 1. The normalized spacial score (nSPS) is 14.5. The van der Waals surface area contributed by atoms with Gasteiger partial charge in [0.05, 0.1) is 0 Å². The molecular formula is C13H13Cl2N5O3. The van der Waals surface area contributed by atoms with E-state index < -0.39 is 5.09 Å². The zero-order chi connectivity index (χ0) is 16.8. The van der Waals surface area contributed by atoms with Gasteiger partial charge in [-0.15, -0.1) is 16.7 Å². The third-order valence-corrected chi connectivity index (χ3v) is 3.47. The molecule has 1 aromatic carbocycles. The lowest BCUT2D eigenvalue weighted by Crippen LogP contribution is -2.24. The first kappa shape index (κ1) is 16.9. The van der Waals surface area contributed by atoms with Gasteiger partial charge in [0.25, 0.3) is 0 Å². The summed E-state index contributed by atoms with van der Waals surface area (Å²) in [4.78, 5) is 14.8. The molecule has 0 fully saturated rings. The first-order valence-corrected chi connectivity index (χ1v) is 7.15. The molecule has 0 unspecified atom stereocenters. The van der Waals surface area contributed by atoms with Gasteiger partial charge >= 0.3 is 5.09 Å². The van der Waals surface area contributed by atoms with Crippen LogP contribution in [-0.2, 0) is 11.4 Å². The Morgan fingerprint density at radius 2 is 2.30 bits per heavy atom. The van der Waals surface area contributed by atoms with Crippen LogP contribution in [0.4, 0.5) is 0 Å². The van der Waals surface area contributed by atoms with Crippen molar-refractivity contribution in [3.63, 3.8) is 0 Å². The number of rotatable bonds is 7. The molecule has 10 heteroatoms. The minimum Gasteiger partial charge on any atom is -0.252 e. The van der Waals surface area contributed by atoms with E-state index in [0.29, 0.717) is 12.0 Å². The highest BCUT2D eigenvalue weighted by atomic mass is 35.5. The van der Waals surface area contributed by atoms with E-state index in [0.717, 1.165) is 5.56 Å². The zero-order valence-electron chi connectivity index (χ0n) is 11.9. The van der Waals surface area contributed by atoms with Crippen LogP contribution in [0.3, 0.4) is 0 Å². The molecule has 0 spiro atoms. The molecular weight excluding hydrogens is 345 g/mol. The van der Waals surface area contributed by atoms with Gasteiger partial charge in [0.15, 0.2) is 5.16 Å². The molecule has 0 saturated carbocycles. The van der Waals surface area contributed by atoms with Gasteiger partial charge in [-0.05, 0) is 12.0 Å². The lowest BCUT2D eigenvalue weighted by Gasteiger charge is -2.19. The Morgan fingerprint density at radius 3 is 2.91 bits per heavy atom. The average Bonchev–Trinajstić information content (AvgIpc) is 2.95. The summed E-state index contributed by atoms with van der Waals surface area (Å²) in [6, 6.07) is 7.24. The second-order valence-electron chi connectivity index (χ2n) is 4.40. The summed E-state index contributed by atoms with van der Waals surface area (Å²) in [5.41, 5.74) is 3.95. The van der Waals surface area contributed by atoms with Crippen molar-refractivity contribution in [2.45, 2.75) is 6.42 Å². The summed E-state index contributed by atoms with van der Waals surface area (Å²) in [6.07, 6.45) is 3.63. The summed E-state index contributed by atoms with van der Waals surface area (Å²) >= 11 is 12.1. The second kappa shape index (κ2) is 7.70. The lowest BCUT2D eigenvalue weighted by atomic mass is 10.0. The van der Waals surface area contributed by atoms with Crippen molar-refractivity contribution in [1.29, 1.82) is 0 Å². The number of nitrogens with zero attached hydrogens (tertiary/aromatic N) is 4. The molecule has 0 atom stereocenters. The van der Waals surface area contributed by atoms with E-state index in [1.165, 1.54) is 15.8 Å². The number of hydrogen-bond donors (Lipinski definition) is 1. The van der Waals surface area contributed by atoms with Crippen LogP contribution in [0.25, 0.3) is 5.70 Å². The SMILES string of the molecule is C=CCc1ccccc1C(NO[N+](=O)[O-])=C(Cl)N1CN(Cl)C=N1. The number of allylic oxidation sites excluding steroid dienone is 1. The van der Waals surface area contributed by atoms with Crippen LogP contribution in [0.2, 0.25) is 0 Å². The molecule has 1 aromatic rings. The monoisotopic (exact) mass is 357 g/mol. The minimum absolute atomic E-state index is 0.0998. The van der Waals surface area contributed by atoms with E-state index in [4.69, 9.17) is 23.4 Å². The van der Waals surface area contributed by atoms with Crippen LogP contribution in [0.15, 0.2) is 47.2 Å². The number of halogens is 2. The molecule has 1 aliphatic heterocycles. The standard InChI is InChI=1S/C13H13Cl2N5O3/c1-2-5-10-6-3-4-7-11(10)12(17-23-20(21)22)13(14)19-9-18(15)8-16-19/h2-4,6-8,17H,1,5,9H2. The molecule has 0 radical (unpaired) electrons. The van der Waals surface area contributed by atoms with Gasteiger partial charge in [0.1, 0.15) is 18.7 Å². The van der Waals surface area contributed by atoms with E-state index in [-0.39, 0.29) is 17.5 Å². The van der Waals surface area contributed by atoms with Gasteiger partial charge in [-0.1, -0.05) is 41.9 Å². The molecule has 0 amide bonds. The first-order chi connectivity index (χ1) is 11.0. The van der Waals surface area contributed by atoms with Gasteiger partial charge in [-0.25, -0.2) is 10.5 Å². The Labute approximate surface area is 142 Å². The van der Waals surface area contributed by atoms with Crippen molar-refractivity contribution in [1.82, 2.24) is 14.9 Å². The van der Waals surface area contributed by atoms with Crippen molar-refractivity contribution < 1.29 is 10.0 Å². The van der Waals surface area contributed by atoms with Gasteiger partial charge in [-0.3, -0.25) is 4.42 Å². The van der Waals surface area contributed by atoms with Crippen LogP contribution >= 0.6 is 23.4 Å². The maximum Gasteiger partial charge on any atom is 0.316 e. The fraction of sp³-hybridized carbons (Fsp3) is 0.154. The fourth-order valence-corrected chi connectivity index (χ4v) is 2.33. The molecule has 122 valence electrons. The summed E-state index contributed by atoms with van der Waals surface area (Å²) < 4.78 is 1.28. The smallest absolute Gasteiger partial charge is 0.252 e. The Hall–Kier alpha value is -2.45. The molecule has 8 nitrogen and oxygen atoms in total. The van der Waals surface area contributed by atoms with Gasteiger partial charge < -0.3 is 0 Å². The first-order valence-electron chi connectivity index (χ1n) is 6.43. The lowest BCUT2D eigenvalue weighted by molar-refractivity contribution is -0.772. The van der Waals surface area contributed by atoms with E-state index in [1.807, 2.05) is 12.1 Å². The summed E-state index contributed by atoms with van der Waals surface area (Å²) in [7, 11) is 0. The Bertz CT molecular complexity index is 665. The van der Waals surface area contributed by atoms with E-state index >= 15 is 0 Å². The van der Waals surface area contributed by atoms with Crippen LogP contribution in [0.1, 0.15) is 11.1 Å². The van der Waals surface area contributed by atoms with Crippen molar-refractivity contribution >= 4 is 35.4 Å². The molecule has 2 rings (SSSR count). The highest BCUT2D eigenvalue weighted by Crippen LogP contribution is 2.27. The summed E-state index contributed by atoms with van der Waals surface area (Å²) in [5, 5.41) is 15.0. The summed E-state index contributed by atoms with van der Waals surface area (Å²) in [5.74, 6) is 0. The minimum atomic E-state index is -0.971. The van der Waals surface area contributed by atoms with Crippen molar-refractivity contribution in [3.8, 4) is 0 Å². The van der Waals surface area contributed by atoms with E-state index in [1.54, 1.807) is 18.2 Å². The topological polar surface area (TPSA) is 83.2 Å².